The highest BCUT2D eigenvalue weighted by atomic mass is 19.4. The molecule has 4 rings (SSSR count). The molecular weight excluding hydrogens is 389 g/mol. The smallest absolute Gasteiger partial charge is 0.288 e. The molecule has 0 aromatic heterocycles. The maximum Gasteiger partial charge on any atom is 0.402 e. The number of nitrogens with one attached hydrogen (secondary N) is 1. The van der Waals surface area contributed by atoms with Crippen molar-refractivity contribution >= 4 is 23.6 Å². The van der Waals surface area contributed by atoms with Gasteiger partial charge in [0.05, 0.1) is 22.3 Å². The van der Waals surface area contributed by atoms with Crippen molar-refractivity contribution in [3.63, 3.8) is 0 Å². The third-order valence-corrected chi connectivity index (χ3v) is 5.55. The lowest BCUT2D eigenvalue weighted by Gasteiger charge is -2.33. The average Bonchev–Trinajstić information content (AvgIpc) is 3.08. The standard InChI is InChI=1S/C20H13F3N2O4/c1-19(20(21,22)23,9-3-5-11-13(7-9)16(27)24-15(11)26)10-4-6-12-14(8-10)18(29)25(2)17(12)28/h3-8H,1-2H3,(H,24,26,27). The van der Waals surface area contributed by atoms with E-state index in [1.807, 2.05) is 5.32 Å². The van der Waals surface area contributed by atoms with Crippen molar-refractivity contribution in [3.05, 3.63) is 69.8 Å². The number of hydrogen-bond donors (Lipinski definition) is 1. The van der Waals surface area contributed by atoms with E-state index in [2.05, 4.69) is 0 Å². The molecule has 0 saturated carbocycles. The van der Waals surface area contributed by atoms with Crippen LogP contribution < -0.4 is 5.32 Å². The summed E-state index contributed by atoms with van der Waals surface area (Å²) in [6, 6.07) is 6.75. The fraction of sp³-hybridized carbons (Fsp3) is 0.200. The van der Waals surface area contributed by atoms with E-state index in [0.29, 0.717) is 0 Å². The summed E-state index contributed by atoms with van der Waals surface area (Å²) in [4.78, 5) is 48.7. The number of halogens is 3. The van der Waals surface area contributed by atoms with Crippen LogP contribution in [-0.4, -0.2) is 41.8 Å². The van der Waals surface area contributed by atoms with Crippen LogP contribution in [0, 0.1) is 0 Å². The Kier molecular flexibility index (Phi) is 3.74. The van der Waals surface area contributed by atoms with Crippen LogP contribution in [0.2, 0.25) is 0 Å². The Morgan fingerprint density at radius 2 is 1.24 bits per heavy atom. The van der Waals surface area contributed by atoms with Crippen LogP contribution in [0.1, 0.15) is 59.5 Å². The quantitative estimate of drug-likeness (QED) is 0.783. The molecule has 1 N–H and O–H groups in total. The van der Waals surface area contributed by atoms with E-state index in [9.17, 15) is 32.3 Å². The van der Waals surface area contributed by atoms with Crippen LogP contribution in [0.5, 0.6) is 0 Å². The van der Waals surface area contributed by atoms with Gasteiger partial charge in [0.1, 0.15) is 5.41 Å². The highest BCUT2D eigenvalue weighted by Gasteiger charge is 2.54. The Labute approximate surface area is 162 Å². The van der Waals surface area contributed by atoms with Gasteiger partial charge in [-0.15, -0.1) is 0 Å². The molecule has 29 heavy (non-hydrogen) atoms. The molecular formula is C20H13F3N2O4. The van der Waals surface area contributed by atoms with E-state index in [1.165, 1.54) is 19.2 Å². The Bertz CT molecular complexity index is 1140. The SMILES string of the molecule is CN1C(=O)c2ccc(C(C)(c3ccc4c(c3)C(=O)NC4=O)C(F)(F)F)cc2C1=O. The number of benzene rings is 2. The normalized spacial score (nSPS) is 17.9. The molecule has 0 aliphatic carbocycles. The highest BCUT2D eigenvalue weighted by Crippen LogP contribution is 2.47. The lowest BCUT2D eigenvalue weighted by Crippen LogP contribution is -2.41. The van der Waals surface area contributed by atoms with Crippen LogP contribution in [0.25, 0.3) is 0 Å². The molecule has 4 amide bonds. The van der Waals surface area contributed by atoms with Crippen LogP contribution in [0.3, 0.4) is 0 Å². The zero-order valence-electron chi connectivity index (χ0n) is 15.2. The number of amides is 4. The molecule has 6 nitrogen and oxygen atoms in total. The van der Waals surface area contributed by atoms with Crippen LogP contribution in [0.4, 0.5) is 13.2 Å². The number of carbonyl (C=O) groups excluding carboxylic acids is 4. The molecule has 0 spiro atoms. The van der Waals surface area contributed by atoms with Gasteiger partial charge in [-0.3, -0.25) is 29.4 Å². The first kappa shape index (κ1) is 18.9. The number of carbonyl (C=O) groups is 4. The monoisotopic (exact) mass is 402 g/mol. The minimum atomic E-state index is -4.80. The van der Waals surface area contributed by atoms with Crippen molar-refractivity contribution in [2.75, 3.05) is 7.05 Å². The summed E-state index contributed by atoms with van der Waals surface area (Å²) in [6.45, 7) is 0.927. The number of imide groups is 2. The van der Waals surface area contributed by atoms with Crippen LogP contribution in [-0.2, 0) is 5.41 Å². The summed E-state index contributed by atoms with van der Waals surface area (Å²) < 4.78 is 42.8. The number of fused-ring (bicyclic) bond motifs is 2. The van der Waals surface area contributed by atoms with E-state index in [0.717, 1.165) is 36.1 Å². The molecule has 1 unspecified atom stereocenters. The zero-order chi connectivity index (χ0) is 21.3. The van der Waals surface area contributed by atoms with Crippen molar-refractivity contribution in [1.82, 2.24) is 10.2 Å². The molecule has 2 aliphatic rings. The topological polar surface area (TPSA) is 83.6 Å². The van der Waals surface area contributed by atoms with Gasteiger partial charge in [-0.1, -0.05) is 12.1 Å². The first-order valence-electron chi connectivity index (χ1n) is 8.50. The Hall–Kier alpha value is -3.49. The second-order valence-corrected chi connectivity index (χ2v) is 7.10. The highest BCUT2D eigenvalue weighted by molar-refractivity contribution is 6.22. The Morgan fingerprint density at radius 1 is 0.759 bits per heavy atom. The minimum Gasteiger partial charge on any atom is -0.288 e. The van der Waals surface area contributed by atoms with Gasteiger partial charge < -0.3 is 0 Å². The minimum absolute atomic E-state index is 0.000345. The number of rotatable bonds is 2. The van der Waals surface area contributed by atoms with Crippen molar-refractivity contribution in [1.29, 1.82) is 0 Å². The summed E-state index contributed by atoms with van der Waals surface area (Å²) in [5.41, 5.74) is -3.34. The molecule has 2 aromatic carbocycles. The van der Waals surface area contributed by atoms with Crippen molar-refractivity contribution in [2.45, 2.75) is 18.5 Å². The second kappa shape index (κ2) is 5.76. The van der Waals surface area contributed by atoms with Gasteiger partial charge in [0.15, 0.2) is 0 Å². The van der Waals surface area contributed by atoms with Gasteiger partial charge in [-0.05, 0) is 42.3 Å². The summed E-state index contributed by atoms with van der Waals surface area (Å²) in [6.07, 6.45) is -4.80. The molecule has 1 atom stereocenters. The van der Waals surface area contributed by atoms with E-state index in [4.69, 9.17) is 0 Å². The van der Waals surface area contributed by atoms with Gasteiger partial charge in [0.2, 0.25) is 0 Å². The third kappa shape index (κ3) is 2.43. The van der Waals surface area contributed by atoms with Crippen molar-refractivity contribution < 1.29 is 32.3 Å². The molecule has 2 aromatic rings. The first-order chi connectivity index (χ1) is 13.5. The lowest BCUT2D eigenvalue weighted by atomic mass is 9.74. The number of alkyl halides is 3. The predicted molar refractivity (Wildman–Crippen MR) is 93.6 cm³/mol. The zero-order valence-corrected chi connectivity index (χ0v) is 15.2. The van der Waals surface area contributed by atoms with Gasteiger partial charge in [-0.25, -0.2) is 0 Å². The summed E-state index contributed by atoms with van der Waals surface area (Å²) in [7, 11) is 1.25. The molecule has 9 heteroatoms. The molecule has 0 bridgehead atoms. The van der Waals surface area contributed by atoms with E-state index < -0.39 is 35.2 Å². The molecule has 2 heterocycles. The van der Waals surface area contributed by atoms with Crippen LogP contribution >= 0.6 is 0 Å². The maximum atomic E-state index is 14.3. The average molecular weight is 402 g/mol. The summed E-state index contributed by atoms with van der Waals surface area (Å²) in [5, 5.41) is 2.04. The fourth-order valence-electron chi connectivity index (χ4n) is 3.65. The second-order valence-electron chi connectivity index (χ2n) is 7.10. The molecule has 148 valence electrons. The van der Waals surface area contributed by atoms with Gasteiger partial charge in [0, 0.05) is 7.05 Å². The predicted octanol–water partition coefficient (Wildman–Crippen LogP) is 2.66. The Balaban J connectivity index is 1.93. The molecule has 2 aliphatic heterocycles. The largest absolute Gasteiger partial charge is 0.402 e. The molecule has 0 radical (unpaired) electrons. The van der Waals surface area contributed by atoms with Crippen molar-refractivity contribution in [3.8, 4) is 0 Å². The van der Waals surface area contributed by atoms with Crippen molar-refractivity contribution in [2.24, 2.45) is 0 Å². The van der Waals surface area contributed by atoms with Gasteiger partial charge in [-0.2, -0.15) is 13.2 Å². The molecule has 0 fully saturated rings. The van der Waals surface area contributed by atoms with Gasteiger partial charge >= 0.3 is 6.18 Å². The van der Waals surface area contributed by atoms with E-state index >= 15 is 0 Å². The molecule has 0 saturated heterocycles. The summed E-state index contributed by atoms with van der Waals surface area (Å²) in [5.74, 6) is -2.71. The third-order valence-electron chi connectivity index (χ3n) is 5.55. The number of hydrogen-bond acceptors (Lipinski definition) is 4. The van der Waals surface area contributed by atoms with E-state index in [1.54, 1.807) is 0 Å². The van der Waals surface area contributed by atoms with Crippen LogP contribution in [0.15, 0.2) is 36.4 Å². The maximum absolute atomic E-state index is 14.3. The fourth-order valence-corrected chi connectivity index (χ4v) is 3.65. The lowest BCUT2D eigenvalue weighted by molar-refractivity contribution is -0.173. The number of nitrogens with zero attached hydrogens (tertiary/aromatic N) is 1. The first-order valence-corrected chi connectivity index (χ1v) is 8.50. The summed E-state index contributed by atoms with van der Waals surface area (Å²) >= 11 is 0. The van der Waals surface area contributed by atoms with Gasteiger partial charge in [0.25, 0.3) is 23.6 Å². The Morgan fingerprint density at radius 3 is 1.83 bits per heavy atom. The van der Waals surface area contributed by atoms with E-state index in [-0.39, 0.29) is 33.4 Å².